The van der Waals surface area contributed by atoms with Gasteiger partial charge in [0.1, 0.15) is 13.2 Å². The first-order valence-corrected chi connectivity index (χ1v) is 34.2. The average Bonchev–Trinajstić information content (AvgIpc) is 3.41. The lowest BCUT2D eigenvalue weighted by atomic mass is 10.0. The van der Waals surface area contributed by atoms with Crippen molar-refractivity contribution in [3.8, 4) is 0 Å². The Labute approximate surface area is 469 Å². The third-order valence-electron chi connectivity index (χ3n) is 15.8. The number of allylic oxidation sites excluding steroid dienone is 2. The lowest BCUT2D eigenvalue weighted by molar-refractivity contribution is -0.167. The van der Waals surface area contributed by atoms with Crippen LogP contribution in [0.3, 0.4) is 0 Å². The second kappa shape index (κ2) is 64.7. The van der Waals surface area contributed by atoms with Gasteiger partial charge in [-0.25, -0.2) is 0 Å². The summed E-state index contributed by atoms with van der Waals surface area (Å²) in [6.45, 7) is 6.73. The Bertz CT molecular complexity index is 1170. The lowest BCUT2D eigenvalue weighted by Crippen LogP contribution is -2.30. The molecule has 0 aromatic heterocycles. The van der Waals surface area contributed by atoms with Gasteiger partial charge in [-0.1, -0.05) is 341 Å². The number of esters is 3. The maximum absolute atomic E-state index is 12.9. The Kier molecular flexibility index (Phi) is 63.1. The normalized spacial score (nSPS) is 12.0. The van der Waals surface area contributed by atoms with E-state index in [2.05, 4.69) is 32.9 Å². The molecule has 0 amide bonds. The predicted molar refractivity (Wildman–Crippen MR) is 326 cm³/mol. The van der Waals surface area contributed by atoms with Crippen molar-refractivity contribution < 1.29 is 28.6 Å². The molecule has 75 heavy (non-hydrogen) atoms. The first-order chi connectivity index (χ1) is 37.0. The third kappa shape index (κ3) is 62.9. The number of hydrogen-bond donors (Lipinski definition) is 0. The fourth-order valence-electron chi connectivity index (χ4n) is 10.6. The van der Waals surface area contributed by atoms with Crippen molar-refractivity contribution in [2.75, 3.05) is 13.2 Å². The summed E-state index contributed by atoms with van der Waals surface area (Å²) in [4.78, 5) is 38.4. The van der Waals surface area contributed by atoms with Crippen molar-refractivity contribution in [2.45, 2.75) is 399 Å². The molecular weight excluding hydrogens is 925 g/mol. The zero-order valence-electron chi connectivity index (χ0n) is 51.1. The Morgan fingerprint density at radius 1 is 0.253 bits per heavy atom. The van der Waals surface area contributed by atoms with Crippen LogP contribution in [0.25, 0.3) is 0 Å². The predicted octanol–water partition coefficient (Wildman–Crippen LogP) is 23.2. The van der Waals surface area contributed by atoms with E-state index in [9.17, 15) is 14.4 Å². The third-order valence-corrected chi connectivity index (χ3v) is 15.8. The second-order valence-electron chi connectivity index (χ2n) is 23.5. The molecular formula is C69H132O6. The Morgan fingerprint density at radius 2 is 0.440 bits per heavy atom. The van der Waals surface area contributed by atoms with Crippen LogP contribution in [0.15, 0.2) is 12.2 Å². The van der Waals surface area contributed by atoms with E-state index in [0.29, 0.717) is 19.3 Å². The highest BCUT2D eigenvalue weighted by Gasteiger charge is 2.19. The monoisotopic (exact) mass is 1060 g/mol. The molecule has 6 heteroatoms. The first kappa shape index (κ1) is 73.2. The van der Waals surface area contributed by atoms with Crippen LogP contribution in [0.5, 0.6) is 0 Å². The van der Waals surface area contributed by atoms with Gasteiger partial charge in [-0.15, -0.1) is 0 Å². The Morgan fingerprint density at radius 3 is 0.667 bits per heavy atom. The average molecular weight is 1060 g/mol. The highest BCUT2D eigenvalue weighted by atomic mass is 16.6. The summed E-state index contributed by atoms with van der Waals surface area (Å²) in [6, 6.07) is 0. The van der Waals surface area contributed by atoms with Gasteiger partial charge in [0.25, 0.3) is 0 Å². The molecule has 0 aromatic carbocycles. The van der Waals surface area contributed by atoms with Gasteiger partial charge in [0.2, 0.25) is 0 Å². The van der Waals surface area contributed by atoms with Gasteiger partial charge in [-0.05, 0) is 44.9 Å². The zero-order chi connectivity index (χ0) is 54.3. The maximum Gasteiger partial charge on any atom is 0.306 e. The van der Waals surface area contributed by atoms with Gasteiger partial charge in [0, 0.05) is 19.3 Å². The van der Waals surface area contributed by atoms with E-state index in [1.165, 1.54) is 295 Å². The van der Waals surface area contributed by atoms with Gasteiger partial charge >= 0.3 is 17.9 Å². The van der Waals surface area contributed by atoms with Crippen molar-refractivity contribution in [1.29, 1.82) is 0 Å². The van der Waals surface area contributed by atoms with Crippen molar-refractivity contribution in [2.24, 2.45) is 0 Å². The molecule has 0 heterocycles. The number of unbranched alkanes of at least 4 members (excludes halogenated alkanes) is 51. The standard InChI is InChI=1S/C69H132O6/c1-4-7-10-13-16-19-22-25-28-31-33-34-35-36-37-39-41-44-47-50-53-56-59-62-68(71)74-65-66(64-73-67(70)61-58-55-52-49-46-43-40-30-27-24-21-18-15-12-9-6-3)75-69(72)63-60-57-54-51-48-45-42-38-32-29-26-23-20-17-14-11-8-5-2/h31,33,66H,4-30,32,34-65H2,1-3H3/b33-31-. The first-order valence-electron chi connectivity index (χ1n) is 34.2. The fourth-order valence-corrected chi connectivity index (χ4v) is 10.6. The Hall–Kier alpha value is -1.85. The molecule has 0 aliphatic rings. The molecule has 0 aliphatic heterocycles. The molecule has 0 N–H and O–H groups in total. The van der Waals surface area contributed by atoms with Gasteiger partial charge in [-0.2, -0.15) is 0 Å². The molecule has 0 rings (SSSR count). The summed E-state index contributed by atoms with van der Waals surface area (Å²) in [7, 11) is 0. The molecule has 0 saturated carbocycles. The minimum Gasteiger partial charge on any atom is -0.462 e. The maximum atomic E-state index is 12.9. The van der Waals surface area contributed by atoms with Crippen LogP contribution in [-0.2, 0) is 28.6 Å². The summed E-state index contributed by atoms with van der Waals surface area (Å²) in [5.41, 5.74) is 0. The molecule has 6 nitrogen and oxygen atoms in total. The number of hydrogen-bond acceptors (Lipinski definition) is 6. The van der Waals surface area contributed by atoms with E-state index in [1.54, 1.807) is 0 Å². The smallest absolute Gasteiger partial charge is 0.306 e. The molecule has 444 valence electrons. The highest BCUT2D eigenvalue weighted by Crippen LogP contribution is 2.19. The Balaban J connectivity index is 4.26. The minimum atomic E-state index is -0.766. The van der Waals surface area contributed by atoms with Crippen LogP contribution >= 0.6 is 0 Å². The van der Waals surface area contributed by atoms with Crippen molar-refractivity contribution in [1.82, 2.24) is 0 Å². The minimum absolute atomic E-state index is 0.0629. The second-order valence-corrected chi connectivity index (χ2v) is 23.5. The van der Waals surface area contributed by atoms with Gasteiger partial charge < -0.3 is 14.2 Å². The van der Waals surface area contributed by atoms with Crippen LogP contribution in [0, 0.1) is 0 Å². The van der Waals surface area contributed by atoms with Crippen molar-refractivity contribution in [3.05, 3.63) is 12.2 Å². The van der Waals surface area contributed by atoms with E-state index >= 15 is 0 Å². The van der Waals surface area contributed by atoms with E-state index in [1.807, 2.05) is 0 Å². The van der Waals surface area contributed by atoms with Gasteiger partial charge in [0.15, 0.2) is 6.10 Å². The topological polar surface area (TPSA) is 78.9 Å². The van der Waals surface area contributed by atoms with Gasteiger partial charge in [-0.3, -0.25) is 14.4 Å². The lowest BCUT2D eigenvalue weighted by Gasteiger charge is -2.18. The number of carbonyl (C=O) groups is 3. The summed E-state index contributed by atoms with van der Waals surface area (Å²) < 4.78 is 17.0. The summed E-state index contributed by atoms with van der Waals surface area (Å²) >= 11 is 0. The number of rotatable bonds is 64. The molecule has 0 fully saturated rings. The molecule has 0 bridgehead atoms. The van der Waals surface area contributed by atoms with Crippen molar-refractivity contribution in [3.63, 3.8) is 0 Å². The van der Waals surface area contributed by atoms with Crippen LogP contribution in [0.2, 0.25) is 0 Å². The van der Waals surface area contributed by atoms with Gasteiger partial charge in [0.05, 0.1) is 0 Å². The molecule has 0 aliphatic carbocycles. The SMILES string of the molecule is CCCCCCCCCC/C=C\CCCCCCCCCCCCCC(=O)OCC(COC(=O)CCCCCCCCCCCCCCCCCC)OC(=O)CCCCCCCCCCCCCCCCCCCC. The van der Waals surface area contributed by atoms with Crippen LogP contribution in [0.1, 0.15) is 393 Å². The number of carbonyl (C=O) groups excluding carboxylic acids is 3. The van der Waals surface area contributed by atoms with E-state index in [4.69, 9.17) is 14.2 Å². The highest BCUT2D eigenvalue weighted by molar-refractivity contribution is 5.71. The van der Waals surface area contributed by atoms with E-state index in [0.717, 1.165) is 57.8 Å². The molecule has 1 atom stereocenters. The fraction of sp³-hybridized carbons (Fsp3) is 0.928. The molecule has 0 spiro atoms. The van der Waals surface area contributed by atoms with Crippen molar-refractivity contribution >= 4 is 17.9 Å². The van der Waals surface area contributed by atoms with Crippen LogP contribution in [0.4, 0.5) is 0 Å². The van der Waals surface area contributed by atoms with E-state index in [-0.39, 0.29) is 31.1 Å². The van der Waals surface area contributed by atoms with Crippen LogP contribution < -0.4 is 0 Å². The van der Waals surface area contributed by atoms with E-state index < -0.39 is 6.10 Å². The molecule has 1 unspecified atom stereocenters. The zero-order valence-corrected chi connectivity index (χ0v) is 51.1. The quantitative estimate of drug-likeness (QED) is 0.0261. The number of ether oxygens (including phenoxy) is 3. The molecule has 0 aromatic rings. The summed E-state index contributed by atoms with van der Waals surface area (Å²) in [5.74, 6) is -0.828. The largest absolute Gasteiger partial charge is 0.462 e. The molecule has 0 radical (unpaired) electrons. The summed E-state index contributed by atoms with van der Waals surface area (Å²) in [5, 5.41) is 0. The summed E-state index contributed by atoms with van der Waals surface area (Å²) in [6.07, 6.45) is 76.5. The van der Waals surface area contributed by atoms with Crippen LogP contribution in [-0.4, -0.2) is 37.2 Å². The molecule has 0 saturated heterocycles.